The minimum Gasteiger partial charge on any atom is -0.448 e. The average Bonchev–Trinajstić information content (AvgIpc) is 3.05. The molecule has 0 saturated heterocycles. The Morgan fingerprint density at radius 1 is 1.19 bits per heavy atom. The van der Waals surface area contributed by atoms with Crippen molar-refractivity contribution in [3.63, 3.8) is 0 Å². The number of para-hydroxylation sites is 1. The highest BCUT2D eigenvalue weighted by Gasteiger charge is 2.35. The van der Waals surface area contributed by atoms with Crippen LogP contribution in [0, 0.1) is 0 Å². The maximum absolute atomic E-state index is 12.5. The van der Waals surface area contributed by atoms with Crippen LogP contribution in [-0.2, 0) is 4.74 Å². The van der Waals surface area contributed by atoms with E-state index in [2.05, 4.69) is 4.99 Å². The molecule has 2 aromatic rings. The topological polar surface area (TPSA) is 63.9 Å². The molecule has 3 rings (SSSR count). The molecule has 0 bridgehead atoms. The second-order valence-corrected chi connectivity index (χ2v) is 4.35. The van der Waals surface area contributed by atoms with Crippen molar-refractivity contribution in [2.24, 2.45) is 4.99 Å². The second-order valence-electron chi connectivity index (χ2n) is 4.35. The van der Waals surface area contributed by atoms with Crippen LogP contribution in [0.1, 0.15) is 12.6 Å². The van der Waals surface area contributed by atoms with E-state index in [1.165, 1.54) is 9.47 Å². The van der Waals surface area contributed by atoms with Gasteiger partial charge in [0.05, 0.1) is 18.0 Å². The quantitative estimate of drug-likeness (QED) is 0.851. The van der Waals surface area contributed by atoms with Gasteiger partial charge >= 0.3 is 12.1 Å². The van der Waals surface area contributed by atoms with Crippen molar-refractivity contribution in [3.8, 4) is 0 Å². The van der Waals surface area contributed by atoms with Crippen molar-refractivity contribution < 1.29 is 14.3 Å². The molecular formula is C15H13N3O3. The number of carbonyl (C=O) groups is 2. The molecule has 0 unspecified atom stereocenters. The Kier molecular flexibility index (Phi) is 3.27. The first kappa shape index (κ1) is 13.1. The molecule has 0 radical (unpaired) electrons. The van der Waals surface area contributed by atoms with Gasteiger partial charge in [0.2, 0.25) is 0 Å². The van der Waals surface area contributed by atoms with E-state index in [9.17, 15) is 9.59 Å². The molecule has 1 aromatic heterocycles. The third kappa shape index (κ3) is 2.20. The lowest BCUT2D eigenvalue weighted by Crippen LogP contribution is -2.31. The van der Waals surface area contributed by atoms with Crippen LogP contribution in [0.5, 0.6) is 0 Å². The van der Waals surface area contributed by atoms with E-state index >= 15 is 0 Å². The molecule has 0 saturated carbocycles. The van der Waals surface area contributed by atoms with Crippen molar-refractivity contribution in [1.82, 2.24) is 4.57 Å². The summed E-state index contributed by atoms with van der Waals surface area (Å²) >= 11 is 0. The summed E-state index contributed by atoms with van der Waals surface area (Å²) in [6, 6.07) is 12.2. The molecular weight excluding hydrogens is 270 g/mol. The monoisotopic (exact) mass is 283 g/mol. The summed E-state index contributed by atoms with van der Waals surface area (Å²) in [6.45, 7) is 1.94. The molecule has 1 aliphatic heterocycles. The Hall–Kier alpha value is -2.89. The van der Waals surface area contributed by atoms with Gasteiger partial charge in [-0.25, -0.2) is 14.5 Å². The summed E-state index contributed by atoms with van der Waals surface area (Å²) in [4.78, 5) is 29.4. The summed E-state index contributed by atoms with van der Waals surface area (Å²) in [7, 11) is 0. The summed E-state index contributed by atoms with van der Waals surface area (Å²) < 4.78 is 6.29. The smallest absolute Gasteiger partial charge is 0.435 e. The number of nitrogens with zero attached hydrogens (tertiary/aromatic N) is 3. The van der Waals surface area contributed by atoms with Gasteiger partial charge in [-0.15, -0.1) is 0 Å². The molecule has 2 amide bonds. The van der Waals surface area contributed by atoms with Gasteiger partial charge in [-0.3, -0.25) is 4.57 Å². The average molecular weight is 283 g/mol. The Labute approximate surface area is 121 Å². The number of carbonyl (C=O) groups excluding carboxylic acids is 2. The van der Waals surface area contributed by atoms with Crippen molar-refractivity contribution in [3.05, 3.63) is 54.4 Å². The van der Waals surface area contributed by atoms with E-state index in [0.717, 1.165) is 0 Å². The molecule has 1 aliphatic rings. The molecule has 106 valence electrons. The Balaban J connectivity index is 2.08. The van der Waals surface area contributed by atoms with Crippen LogP contribution >= 0.6 is 0 Å². The normalized spacial score (nSPS) is 15.4. The number of hydrogen-bond acceptors (Lipinski definition) is 3. The zero-order valence-electron chi connectivity index (χ0n) is 11.4. The van der Waals surface area contributed by atoms with Crippen molar-refractivity contribution in [1.29, 1.82) is 0 Å². The van der Waals surface area contributed by atoms with Gasteiger partial charge in [-0.2, -0.15) is 4.99 Å². The second kappa shape index (κ2) is 5.24. The molecule has 0 atom stereocenters. The lowest BCUT2D eigenvalue weighted by Gasteiger charge is -2.15. The molecule has 6 nitrogen and oxygen atoms in total. The number of aromatic nitrogens is 1. The van der Waals surface area contributed by atoms with Crippen molar-refractivity contribution >= 4 is 23.6 Å². The Morgan fingerprint density at radius 3 is 2.67 bits per heavy atom. The van der Waals surface area contributed by atoms with Gasteiger partial charge in [0, 0.05) is 6.20 Å². The largest absolute Gasteiger partial charge is 0.448 e. The first-order valence-corrected chi connectivity index (χ1v) is 6.55. The van der Waals surface area contributed by atoms with Gasteiger partial charge in [0.15, 0.2) is 5.84 Å². The highest BCUT2D eigenvalue weighted by atomic mass is 16.5. The number of amides is 2. The van der Waals surface area contributed by atoms with E-state index in [1.54, 1.807) is 37.4 Å². The summed E-state index contributed by atoms with van der Waals surface area (Å²) in [5.74, 6) is 0.273. The maximum atomic E-state index is 12.5. The van der Waals surface area contributed by atoms with Crippen LogP contribution in [0.15, 0.2) is 53.7 Å². The molecule has 0 aliphatic carbocycles. The van der Waals surface area contributed by atoms with Crippen LogP contribution in [-0.4, -0.2) is 29.1 Å². The van der Waals surface area contributed by atoms with E-state index in [4.69, 9.17) is 4.74 Å². The highest BCUT2D eigenvalue weighted by Crippen LogP contribution is 2.25. The zero-order chi connectivity index (χ0) is 14.8. The first-order chi connectivity index (χ1) is 10.2. The molecule has 2 heterocycles. The number of benzene rings is 1. The van der Waals surface area contributed by atoms with Crippen LogP contribution in [0.2, 0.25) is 0 Å². The van der Waals surface area contributed by atoms with Crippen LogP contribution < -0.4 is 4.90 Å². The highest BCUT2D eigenvalue weighted by molar-refractivity contribution is 6.30. The minimum atomic E-state index is -0.712. The summed E-state index contributed by atoms with van der Waals surface area (Å²) in [5.41, 5.74) is 1.21. The number of fused-ring (bicyclic) bond motifs is 1. The van der Waals surface area contributed by atoms with Gasteiger partial charge < -0.3 is 4.74 Å². The zero-order valence-corrected chi connectivity index (χ0v) is 11.4. The van der Waals surface area contributed by atoms with E-state index in [-0.39, 0.29) is 18.5 Å². The van der Waals surface area contributed by atoms with Crippen LogP contribution in [0.25, 0.3) is 0 Å². The fourth-order valence-corrected chi connectivity index (χ4v) is 2.20. The predicted octanol–water partition coefficient (Wildman–Crippen LogP) is 2.88. The van der Waals surface area contributed by atoms with E-state index < -0.39 is 6.09 Å². The lowest BCUT2D eigenvalue weighted by molar-refractivity contribution is 0.163. The summed E-state index contributed by atoms with van der Waals surface area (Å²) in [6.07, 6.45) is 0.928. The molecule has 0 spiro atoms. The fraction of sp³-hybridized carbons (Fsp3) is 0.133. The number of ether oxygens (including phenoxy) is 1. The maximum Gasteiger partial charge on any atom is 0.435 e. The molecule has 21 heavy (non-hydrogen) atoms. The third-order valence-corrected chi connectivity index (χ3v) is 3.07. The fourth-order valence-electron chi connectivity index (χ4n) is 2.20. The standard InChI is InChI=1S/C15H13N3O3/c1-2-21-14(19)16-13-12-9-6-10-17(12)15(20)18(13)11-7-4-3-5-8-11/h3-10H,2H2,1H3/b16-13+. The van der Waals surface area contributed by atoms with Gasteiger partial charge in [0.25, 0.3) is 0 Å². The predicted molar refractivity (Wildman–Crippen MR) is 77.7 cm³/mol. The number of aliphatic imine (C=N–C) groups is 1. The lowest BCUT2D eigenvalue weighted by atomic mass is 10.3. The minimum absolute atomic E-state index is 0.232. The first-order valence-electron chi connectivity index (χ1n) is 6.55. The summed E-state index contributed by atoms with van der Waals surface area (Å²) in [5, 5.41) is 0. The number of rotatable bonds is 2. The van der Waals surface area contributed by atoms with Gasteiger partial charge in [0.1, 0.15) is 0 Å². The van der Waals surface area contributed by atoms with Crippen molar-refractivity contribution in [2.75, 3.05) is 11.5 Å². The molecule has 0 N–H and O–H groups in total. The van der Waals surface area contributed by atoms with Crippen LogP contribution in [0.4, 0.5) is 15.3 Å². The SMILES string of the molecule is CCOC(=O)/N=C1\c2cccn2C(=O)N1c1ccccc1. The van der Waals surface area contributed by atoms with Gasteiger partial charge in [-0.05, 0) is 31.2 Å². The number of hydrogen-bond donors (Lipinski definition) is 0. The van der Waals surface area contributed by atoms with E-state index in [0.29, 0.717) is 11.4 Å². The molecule has 6 heteroatoms. The van der Waals surface area contributed by atoms with Gasteiger partial charge in [-0.1, -0.05) is 18.2 Å². The molecule has 1 aromatic carbocycles. The Bertz CT molecular complexity index is 719. The van der Waals surface area contributed by atoms with Crippen molar-refractivity contribution in [2.45, 2.75) is 6.92 Å². The number of anilines is 1. The Morgan fingerprint density at radius 2 is 1.95 bits per heavy atom. The van der Waals surface area contributed by atoms with Crippen LogP contribution in [0.3, 0.4) is 0 Å². The molecule has 0 fully saturated rings. The third-order valence-electron chi connectivity index (χ3n) is 3.07. The van der Waals surface area contributed by atoms with E-state index in [1.807, 2.05) is 18.2 Å². The number of amidine groups is 1.